The van der Waals surface area contributed by atoms with E-state index in [1.165, 1.54) is 37.1 Å². The van der Waals surface area contributed by atoms with Gasteiger partial charge in [0.15, 0.2) is 0 Å². The molecule has 1 aliphatic heterocycles. The van der Waals surface area contributed by atoms with Crippen LogP contribution in [-0.2, 0) is 19.7 Å². The number of aromatic hydroxyl groups is 1. The maximum absolute atomic E-state index is 10.2. The molecule has 0 radical (unpaired) electrons. The molecule has 2 aromatic rings. The largest absolute Gasteiger partial charge is 0.505 e. The summed E-state index contributed by atoms with van der Waals surface area (Å²) in [7, 11) is 0. The number of hydrogen-bond donors (Lipinski definition) is 2. The highest BCUT2D eigenvalue weighted by atomic mass is 16.3. The minimum atomic E-state index is -0.173. The molecule has 0 unspecified atom stereocenters. The third kappa shape index (κ3) is 4.24. The van der Waals surface area contributed by atoms with Gasteiger partial charge >= 0.3 is 0 Å². The summed E-state index contributed by atoms with van der Waals surface area (Å²) in [4.78, 5) is 11.1. The summed E-state index contributed by atoms with van der Waals surface area (Å²) in [6.45, 7) is 5.42. The minimum absolute atomic E-state index is 0.0839. The highest BCUT2D eigenvalue weighted by molar-refractivity contribution is 5.85. The Kier molecular flexibility index (Phi) is 5.79. The third-order valence-corrected chi connectivity index (χ3v) is 4.72. The van der Waals surface area contributed by atoms with Crippen LogP contribution in [-0.4, -0.2) is 39.4 Å². The molecule has 5 heteroatoms. The molecule has 132 valence electrons. The van der Waals surface area contributed by atoms with Gasteiger partial charge in [-0.1, -0.05) is 24.3 Å². The van der Waals surface area contributed by atoms with Gasteiger partial charge in [0.05, 0.1) is 18.8 Å². The van der Waals surface area contributed by atoms with Crippen LogP contribution in [0.5, 0.6) is 5.75 Å². The minimum Gasteiger partial charge on any atom is -0.505 e. The second kappa shape index (κ2) is 8.23. The van der Waals surface area contributed by atoms with Crippen molar-refractivity contribution in [3.63, 3.8) is 0 Å². The van der Waals surface area contributed by atoms with E-state index in [1.54, 1.807) is 19.3 Å². The lowest BCUT2D eigenvalue weighted by atomic mass is 10.1. The topological polar surface area (TPSA) is 69.0 Å². The molecule has 1 saturated heterocycles. The van der Waals surface area contributed by atoms with E-state index in [0.717, 1.165) is 6.54 Å². The van der Waals surface area contributed by atoms with Crippen LogP contribution in [0.15, 0.2) is 35.5 Å². The molecule has 0 atom stereocenters. The van der Waals surface area contributed by atoms with E-state index >= 15 is 0 Å². The van der Waals surface area contributed by atoms with Crippen LogP contribution in [0.1, 0.15) is 40.8 Å². The predicted molar refractivity (Wildman–Crippen MR) is 98.8 cm³/mol. The van der Waals surface area contributed by atoms with Crippen LogP contribution >= 0.6 is 0 Å². The third-order valence-electron chi connectivity index (χ3n) is 4.72. The monoisotopic (exact) mass is 339 g/mol. The average Bonchev–Trinajstić information content (AvgIpc) is 3.13. The predicted octanol–water partition coefficient (Wildman–Crippen LogP) is 2.80. The van der Waals surface area contributed by atoms with Crippen molar-refractivity contribution in [3.8, 4) is 5.75 Å². The Bertz CT molecular complexity index is 753. The van der Waals surface area contributed by atoms with Crippen molar-refractivity contribution in [1.29, 1.82) is 0 Å². The molecule has 2 N–H and O–H groups in total. The van der Waals surface area contributed by atoms with E-state index < -0.39 is 0 Å². The van der Waals surface area contributed by atoms with E-state index in [1.807, 2.05) is 6.07 Å². The molecule has 1 fully saturated rings. The number of hydrogen-bond acceptors (Lipinski definition) is 5. The first-order valence-corrected chi connectivity index (χ1v) is 8.76. The molecule has 0 amide bonds. The molecule has 1 aromatic heterocycles. The number of pyridine rings is 1. The van der Waals surface area contributed by atoms with Gasteiger partial charge in [0.1, 0.15) is 5.75 Å². The van der Waals surface area contributed by atoms with Gasteiger partial charge in [-0.2, -0.15) is 0 Å². The van der Waals surface area contributed by atoms with Gasteiger partial charge in [0, 0.05) is 30.1 Å². The van der Waals surface area contributed by atoms with Gasteiger partial charge in [-0.25, -0.2) is 0 Å². The number of aliphatic hydroxyl groups is 1. The summed E-state index contributed by atoms with van der Waals surface area (Å²) in [5, 5.41) is 19.6. The molecule has 5 nitrogen and oxygen atoms in total. The van der Waals surface area contributed by atoms with E-state index in [4.69, 9.17) is 0 Å². The maximum atomic E-state index is 10.2. The second-order valence-electron chi connectivity index (χ2n) is 6.51. The first-order chi connectivity index (χ1) is 12.2. The Balaban J connectivity index is 1.76. The van der Waals surface area contributed by atoms with Crippen LogP contribution < -0.4 is 0 Å². The lowest BCUT2D eigenvalue weighted by Gasteiger charge is -2.16. The van der Waals surface area contributed by atoms with Crippen molar-refractivity contribution in [1.82, 2.24) is 9.88 Å². The normalized spacial score (nSPS) is 15.3. The number of nitrogens with zero attached hydrogens (tertiary/aromatic N) is 3. The van der Waals surface area contributed by atoms with E-state index in [2.05, 4.69) is 33.1 Å². The highest BCUT2D eigenvalue weighted by Gasteiger charge is 2.13. The Hall–Kier alpha value is -2.24. The molecule has 0 spiro atoms. The van der Waals surface area contributed by atoms with Crippen LogP contribution in [0, 0.1) is 6.92 Å². The number of aliphatic imine (C=N–C) groups is 1. The molecular formula is C20H25N3O2. The van der Waals surface area contributed by atoms with Crippen LogP contribution in [0.2, 0.25) is 0 Å². The molecule has 1 aliphatic rings. The number of aromatic nitrogens is 1. The Morgan fingerprint density at radius 1 is 1.16 bits per heavy atom. The molecule has 0 bridgehead atoms. The summed E-state index contributed by atoms with van der Waals surface area (Å²) >= 11 is 0. The van der Waals surface area contributed by atoms with E-state index in [-0.39, 0.29) is 12.4 Å². The van der Waals surface area contributed by atoms with Crippen LogP contribution in [0.3, 0.4) is 0 Å². The van der Waals surface area contributed by atoms with Crippen molar-refractivity contribution in [2.75, 3.05) is 13.1 Å². The Morgan fingerprint density at radius 2 is 1.88 bits per heavy atom. The zero-order valence-corrected chi connectivity index (χ0v) is 14.6. The molecule has 25 heavy (non-hydrogen) atoms. The maximum Gasteiger partial charge on any atom is 0.145 e. The Morgan fingerprint density at radius 3 is 2.60 bits per heavy atom. The molecule has 3 rings (SSSR count). The van der Waals surface area contributed by atoms with Crippen LogP contribution in [0.4, 0.5) is 0 Å². The average molecular weight is 339 g/mol. The van der Waals surface area contributed by atoms with Gasteiger partial charge in [-0.05, 0) is 44.0 Å². The van der Waals surface area contributed by atoms with Gasteiger partial charge in [-0.3, -0.25) is 14.9 Å². The zero-order valence-electron chi connectivity index (χ0n) is 14.6. The Labute approximate surface area is 148 Å². The molecule has 2 heterocycles. The molecule has 1 aromatic carbocycles. The fourth-order valence-electron chi connectivity index (χ4n) is 3.21. The summed E-state index contributed by atoms with van der Waals surface area (Å²) in [6, 6.07) is 8.37. The zero-order chi connectivity index (χ0) is 17.6. The first-order valence-electron chi connectivity index (χ1n) is 8.76. The van der Waals surface area contributed by atoms with Crippen molar-refractivity contribution >= 4 is 6.21 Å². The fraction of sp³-hybridized carbons (Fsp3) is 0.400. The van der Waals surface area contributed by atoms with Crippen molar-refractivity contribution < 1.29 is 10.2 Å². The number of rotatable bonds is 6. The van der Waals surface area contributed by atoms with Crippen LogP contribution in [0.25, 0.3) is 0 Å². The van der Waals surface area contributed by atoms with Gasteiger partial charge < -0.3 is 10.2 Å². The van der Waals surface area contributed by atoms with Crippen molar-refractivity contribution in [2.45, 2.75) is 39.5 Å². The lowest BCUT2D eigenvalue weighted by Crippen LogP contribution is -2.19. The van der Waals surface area contributed by atoms with Crippen molar-refractivity contribution in [2.24, 2.45) is 4.99 Å². The summed E-state index contributed by atoms with van der Waals surface area (Å²) in [5.41, 5.74) is 4.16. The first kappa shape index (κ1) is 17.6. The number of benzene rings is 1. The SMILES string of the molecule is Cc1ncc(CO)c(C=NCc2ccccc2CN2CCCC2)c1O. The van der Waals surface area contributed by atoms with Gasteiger partial charge in [0.25, 0.3) is 0 Å². The van der Waals surface area contributed by atoms with Crippen molar-refractivity contribution in [3.05, 3.63) is 58.4 Å². The summed E-state index contributed by atoms with van der Waals surface area (Å²) in [5.74, 6) is 0.0839. The fourth-order valence-corrected chi connectivity index (χ4v) is 3.21. The number of aliphatic hydroxyl groups excluding tert-OH is 1. The quantitative estimate of drug-likeness (QED) is 0.794. The van der Waals surface area contributed by atoms with E-state index in [9.17, 15) is 10.2 Å². The summed E-state index contributed by atoms with van der Waals surface area (Å²) < 4.78 is 0. The highest BCUT2D eigenvalue weighted by Crippen LogP contribution is 2.22. The smallest absolute Gasteiger partial charge is 0.145 e. The number of likely N-dealkylation sites (tertiary alicyclic amines) is 1. The molecule has 0 aliphatic carbocycles. The standard InChI is InChI=1S/C20H25N3O2/c1-15-20(25)19(18(14-24)11-22-15)12-21-10-16-6-2-3-7-17(16)13-23-8-4-5-9-23/h2-3,6-7,11-12,24-25H,4-5,8-10,13-14H2,1H3. The number of aryl methyl sites for hydroxylation is 1. The lowest BCUT2D eigenvalue weighted by molar-refractivity contribution is 0.280. The molecular weight excluding hydrogens is 314 g/mol. The van der Waals surface area contributed by atoms with Gasteiger partial charge in [-0.15, -0.1) is 0 Å². The second-order valence-corrected chi connectivity index (χ2v) is 6.51. The van der Waals surface area contributed by atoms with E-state index in [0.29, 0.717) is 23.4 Å². The molecule has 0 saturated carbocycles. The van der Waals surface area contributed by atoms with Gasteiger partial charge in [0.2, 0.25) is 0 Å². The summed E-state index contributed by atoms with van der Waals surface area (Å²) in [6.07, 6.45) is 5.79.